The van der Waals surface area contributed by atoms with Crippen molar-refractivity contribution in [2.24, 2.45) is 0 Å². The van der Waals surface area contributed by atoms with E-state index < -0.39 is 12.0 Å². The van der Waals surface area contributed by atoms with E-state index in [9.17, 15) is 13.6 Å². The normalized spacial score (nSPS) is 29.3. The Morgan fingerprint density at radius 1 is 1.17 bits per heavy atom. The molecule has 0 spiro atoms. The van der Waals surface area contributed by atoms with Crippen molar-refractivity contribution in [2.75, 3.05) is 45.9 Å². The standard InChI is InChI=1S/C16H27F2N3O2/c17-16(18)11-14(19-12-16)15(22)21-7-3-13(4-8-21)23-10-9-20-5-1-2-6-20/h13-14,19H,1-12H2. The molecular formula is C16H27F2N3O2. The van der Waals surface area contributed by atoms with Crippen LogP contribution in [0, 0.1) is 0 Å². The van der Waals surface area contributed by atoms with E-state index in [-0.39, 0.29) is 25.0 Å². The number of alkyl halides is 2. The monoisotopic (exact) mass is 331 g/mol. The molecule has 3 rings (SSSR count). The number of halogens is 2. The largest absolute Gasteiger partial charge is 0.377 e. The van der Waals surface area contributed by atoms with Crippen LogP contribution in [0.25, 0.3) is 0 Å². The lowest BCUT2D eigenvalue weighted by molar-refractivity contribution is -0.136. The van der Waals surface area contributed by atoms with Crippen LogP contribution >= 0.6 is 0 Å². The van der Waals surface area contributed by atoms with Crippen LogP contribution in [-0.4, -0.2) is 79.7 Å². The highest BCUT2D eigenvalue weighted by molar-refractivity contribution is 5.82. The van der Waals surface area contributed by atoms with E-state index in [2.05, 4.69) is 10.2 Å². The Bertz CT molecular complexity index is 408. The highest BCUT2D eigenvalue weighted by Crippen LogP contribution is 2.27. The average Bonchev–Trinajstić information content (AvgIpc) is 3.17. The first-order valence-corrected chi connectivity index (χ1v) is 8.77. The van der Waals surface area contributed by atoms with E-state index in [4.69, 9.17) is 4.74 Å². The topological polar surface area (TPSA) is 44.8 Å². The lowest BCUT2D eigenvalue weighted by Crippen LogP contribution is -2.48. The van der Waals surface area contributed by atoms with E-state index in [1.54, 1.807) is 4.90 Å². The third kappa shape index (κ3) is 4.61. The van der Waals surface area contributed by atoms with Gasteiger partial charge in [-0.15, -0.1) is 0 Å². The summed E-state index contributed by atoms with van der Waals surface area (Å²) < 4.78 is 32.3. The van der Waals surface area contributed by atoms with Crippen LogP contribution < -0.4 is 5.32 Å². The van der Waals surface area contributed by atoms with E-state index in [1.165, 1.54) is 25.9 Å². The van der Waals surface area contributed by atoms with Crippen LogP contribution in [0.15, 0.2) is 0 Å². The van der Waals surface area contributed by atoms with E-state index in [0.717, 1.165) is 26.0 Å². The number of hydrogen-bond donors (Lipinski definition) is 1. The summed E-state index contributed by atoms with van der Waals surface area (Å²) in [5.74, 6) is -2.94. The van der Waals surface area contributed by atoms with Gasteiger partial charge >= 0.3 is 0 Å². The Balaban J connectivity index is 1.34. The van der Waals surface area contributed by atoms with Gasteiger partial charge in [-0.3, -0.25) is 10.1 Å². The van der Waals surface area contributed by atoms with Gasteiger partial charge < -0.3 is 14.5 Å². The minimum atomic E-state index is -2.75. The van der Waals surface area contributed by atoms with Gasteiger partial charge in [0.05, 0.1) is 25.3 Å². The fraction of sp³-hybridized carbons (Fsp3) is 0.938. The molecular weight excluding hydrogens is 304 g/mol. The molecule has 0 aromatic heterocycles. The molecule has 0 aromatic carbocycles. The van der Waals surface area contributed by atoms with Gasteiger partial charge in [0, 0.05) is 26.1 Å². The summed E-state index contributed by atoms with van der Waals surface area (Å²) in [5.41, 5.74) is 0. The van der Waals surface area contributed by atoms with Crippen molar-refractivity contribution in [1.29, 1.82) is 0 Å². The van der Waals surface area contributed by atoms with Crippen molar-refractivity contribution in [2.45, 2.75) is 50.2 Å². The molecule has 1 amide bonds. The Labute approximate surface area is 136 Å². The minimum absolute atomic E-state index is 0.183. The summed E-state index contributed by atoms with van der Waals surface area (Å²) in [6, 6.07) is -0.724. The number of piperidine rings is 1. The van der Waals surface area contributed by atoms with Crippen molar-refractivity contribution < 1.29 is 18.3 Å². The number of rotatable bonds is 5. The van der Waals surface area contributed by atoms with Gasteiger partial charge in [0.25, 0.3) is 5.92 Å². The zero-order valence-electron chi connectivity index (χ0n) is 13.6. The van der Waals surface area contributed by atoms with Gasteiger partial charge in [-0.1, -0.05) is 0 Å². The molecule has 3 aliphatic heterocycles. The third-order valence-electron chi connectivity index (χ3n) is 5.12. The number of nitrogens with one attached hydrogen (secondary N) is 1. The number of likely N-dealkylation sites (tertiary alicyclic amines) is 2. The predicted octanol–water partition coefficient (Wildman–Crippen LogP) is 1.09. The zero-order valence-corrected chi connectivity index (χ0v) is 13.6. The number of carbonyl (C=O) groups is 1. The molecule has 0 radical (unpaired) electrons. The molecule has 1 N–H and O–H groups in total. The summed E-state index contributed by atoms with van der Waals surface area (Å²) in [4.78, 5) is 16.4. The quantitative estimate of drug-likeness (QED) is 0.819. The number of hydrogen-bond acceptors (Lipinski definition) is 4. The second-order valence-corrected chi connectivity index (χ2v) is 6.94. The van der Waals surface area contributed by atoms with E-state index in [0.29, 0.717) is 13.1 Å². The maximum Gasteiger partial charge on any atom is 0.262 e. The average molecular weight is 331 g/mol. The van der Waals surface area contributed by atoms with Crippen molar-refractivity contribution >= 4 is 5.91 Å². The molecule has 0 saturated carbocycles. The molecule has 132 valence electrons. The molecule has 3 aliphatic rings. The fourth-order valence-electron chi connectivity index (χ4n) is 3.71. The molecule has 5 nitrogen and oxygen atoms in total. The van der Waals surface area contributed by atoms with Gasteiger partial charge in [0.15, 0.2) is 0 Å². The molecule has 23 heavy (non-hydrogen) atoms. The fourth-order valence-corrected chi connectivity index (χ4v) is 3.71. The smallest absolute Gasteiger partial charge is 0.262 e. The van der Waals surface area contributed by atoms with Crippen molar-refractivity contribution in [3.05, 3.63) is 0 Å². The van der Waals surface area contributed by atoms with Crippen LogP contribution in [0.1, 0.15) is 32.1 Å². The van der Waals surface area contributed by atoms with E-state index in [1.807, 2.05) is 0 Å². The summed E-state index contributed by atoms with van der Waals surface area (Å²) in [5, 5.41) is 2.64. The summed E-state index contributed by atoms with van der Waals surface area (Å²) >= 11 is 0. The number of amides is 1. The van der Waals surface area contributed by atoms with Gasteiger partial charge in [0.2, 0.25) is 5.91 Å². The first-order chi connectivity index (χ1) is 11.0. The second kappa shape index (κ2) is 7.40. The van der Waals surface area contributed by atoms with Crippen LogP contribution in [0.4, 0.5) is 8.78 Å². The lowest BCUT2D eigenvalue weighted by atomic mass is 10.1. The highest BCUT2D eigenvalue weighted by atomic mass is 19.3. The van der Waals surface area contributed by atoms with Crippen LogP contribution in [0.2, 0.25) is 0 Å². The Morgan fingerprint density at radius 2 is 1.87 bits per heavy atom. The molecule has 1 atom stereocenters. The molecule has 1 unspecified atom stereocenters. The first kappa shape index (κ1) is 17.0. The van der Waals surface area contributed by atoms with E-state index >= 15 is 0 Å². The summed E-state index contributed by atoms with van der Waals surface area (Å²) in [7, 11) is 0. The molecule has 7 heteroatoms. The maximum atomic E-state index is 13.2. The number of ether oxygens (including phenoxy) is 1. The first-order valence-electron chi connectivity index (χ1n) is 8.77. The van der Waals surface area contributed by atoms with Gasteiger partial charge in [-0.25, -0.2) is 8.78 Å². The number of carbonyl (C=O) groups excluding carboxylic acids is 1. The molecule has 3 saturated heterocycles. The van der Waals surface area contributed by atoms with Gasteiger partial charge in [0.1, 0.15) is 0 Å². The SMILES string of the molecule is O=C(C1CC(F)(F)CN1)N1CCC(OCCN2CCCC2)CC1. The van der Waals surface area contributed by atoms with Gasteiger partial charge in [-0.05, 0) is 38.8 Å². The summed E-state index contributed by atoms with van der Waals surface area (Å²) in [6.07, 6.45) is 3.99. The Hall–Kier alpha value is -0.790. The van der Waals surface area contributed by atoms with Crippen molar-refractivity contribution in [3.8, 4) is 0 Å². The Morgan fingerprint density at radius 3 is 2.48 bits per heavy atom. The zero-order chi connectivity index (χ0) is 16.3. The molecule has 0 aromatic rings. The van der Waals surface area contributed by atoms with Crippen LogP contribution in [0.3, 0.4) is 0 Å². The molecule has 3 heterocycles. The van der Waals surface area contributed by atoms with Crippen LogP contribution in [0.5, 0.6) is 0 Å². The molecule has 0 aliphatic carbocycles. The molecule has 0 bridgehead atoms. The number of nitrogens with zero attached hydrogens (tertiary/aromatic N) is 2. The van der Waals surface area contributed by atoms with Crippen molar-refractivity contribution in [1.82, 2.24) is 15.1 Å². The van der Waals surface area contributed by atoms with Crippen molar-refractivity contribution in [3.63, 3.8) is 0 Å². The highest BCUT2D eigenvalue weighted by Gasteiger charge is 2.43. The van der Waals surface area contributed by atoms with Crippen LogP contribution in [-0.2, 0) is 9.53 Å². The predicted molar refractivity (Wildman–Crippen MR) is 82.6 cm³/mol. The van der Waals surface area contributed by atoms with Gasteiger partial charge in [-0.2, -0.15) is 0 Å². The maximum absolute atomic E-state index is 13.2. The summed E-state index contributed by atoms with van der Waals surface area (Å²) in [6.45, 7) is 4.91. The Kier molecular flexibility index (Phi) is 5.49. The lowest BCUT2D eigenvalue weighted by Gasteiger charge is -2.33. The second-order valence-electron chi connectivity index (χ2n) is 6.94. The minimum Gasteiger partial charge on any atom is -0.377 e. The molecule has 3 fully saturated rings. The third-order valence-corrected chi connectivity index (χ3v) is 5.12.